The molecule has 3 nitrogen and oxygen atoms in total. The molecule has 0 saturated heterocycles. The minimum Gasteiger partial charge on any atom is -0.309 e. The first-order chi connectivity index (χ1) is 11.4. The molecular weight excluding hydrogens is 302 g/mol. The Kier molecular flexibility index (Phi) is 4.18. The van der Waals surface area contributed by atoms with Gasteiger partial charge in [-0.1, -0.05) is 54.6 Å². The van der Waals surface area contributed by atoms with Crippen LogP contribution in [0.2, 0.25) is 0 Å². The Bertz CT molecular complexity index is 778. The molecule has 0 fully saturated rings. The molecule has 4 rings (SSSR count). The van der Waals surface area contributed by atoms with Crippen molar-refractivity contribution in [1.82, 2.24) is 15.1 Å². The van der Waals surface area contributed by atoms with Crippen LogP contribution in [-0.2, 0) is 18.8 Å². The molecule has 0 radical (unpaired) electrons. The lowest BCUT2D eigenvalue weighted by Crippen LogP contribution is -2.28. The van der Waals surface area contributed by atoms with Crippen molar-refractivity contribution in [3.63, 3.8) is 0 Å². The minimum absolute atomic E-state index is 0.926. The van der Waals surface area contributed by atoms with Crippen molar-refractivity contribution >= 4 is 11.8 Å². The maximum atomic E-state index is 4.48. The van der Waals surface area contributed by atoms with Gasteiger partial charge < -0.3 is 5.32 Å². The molecule has 0 atom stereocenters. The highest BCUT2D eigenvalue weighted by molar-refractivity contribution is 7.98. The summed E-state index contributed by atoms with van der Waals surface area (Å²) < 4.78 is 2.12. The van der Waals surface area contributed by atoms with Gasteiger partial charge in [0.15, 0.2) is 0 Å². The Hall–Kier alpha value is -2.04. The van der Waals surface area contributed by atoms with E-state index in [9.17, 15) is 0 Å². The number of thioether (sulfide) groups is 1. The van der Waals surface area contributed by atoms with E-state index in [1.165, 1.54) is 27.3 Å². The van der Waals surface area contributed by atoms with Crippen LogP contribution < -0.4 is 5.32 Å². The van der Waals surface area contributed by atoms with E-state index in [1.54, 1.807) is 0 Å². The van der Waals surface area contributed by atoms with Crippen LogP contribution in [0.1, 0.15) is 11.3 Å². The first-order valence-corrected chi connectivity index (χ1v) is 8.91. The van der Waals surface area contributed by atoms with Gasteiger partial charge in [-0.2, -0.15) is 5.10 Å². The van der Waals surface area contributed by atoms with Crippen LogP contribution in [0.5, 0.6) is 0 Å². The zero-order valence-corrected chi connectivity index (χ0v) is 13.7. The molecule has 1 aliphatic heterocycles. The van der Waals surface area contributed by atoms with Crippen molar-refractivity contribution in [1.29, 1.82) is 0 Å². The highest BCUT2D eigenvalue weighted by Crippen LogP contribution is 2.28. The SMILES string of the molecule is c1ccc(-c2ccc(CSc3cnn4c3CNCC4)cc2)cc1. The molecule has 116 valence electrons. The van der Waals surface area contributed by atoms with Gasteiger partial charge in [-0.3, -0.25) is 4.68 Å². The van der Waals surface area contributed by atoms with Gasteiger partial charge in [0.2, 0.25) is 0 Å². The Labute approximate surface area is 140 Å². The molecule has 1 aliphatic rings. The average Bonchev–Trinajstić information content (AvgIpc) is 3.04. The van der Waals surface area contributed by atoms with E-state index in [0.717, 1.165) is 25.4 Å². The second-order valence-electron chi connectivity index (χ2n) is 5.71. The minimum atomic E-state index is 0.926. The van der Waals surface area contributed by atoms with E-state index in [0.29, 0.717) is 0 Å². The van der Waals surface area contributed by atoms with E-state index in [1.807, 2.05) is 18.0 Å². The molecule has 2 aromatic carbocycles. The highest BCUT2D eigenvalue weighted by Gasteiger charge is 2.14. The van der Waals surface area contributed by atoms with Gasteiger partial charge in [0.25, 0.3) is 0 Å². The van der Waals surface area contributed by atoms with Crippen LogP contribution in [0, 0.1) is 0 Å². The smallest absolute Gasteiger partial charge is 0.0658 e. The van der Waals surface area contributed by atoms with Crippen molar-refractivity contribution in [2.45, 2.75) is 23.7 Å². The summed E-state index contributed by atoms with van der Waals surface area (Å²) in [5.74, 6) is 0.980. The van der Waals surface area contributed by atoms with Crippen LogP contribution in [0.25, 0.3) is 11.1 Å². The van der Waals surface area contributed by atoms with Crippen LogP contribution in [0.4, 0.5) is 0 Å². The first-order valence-electron chi connectivity index (χ1n) is 7.93. The summed E-state index contributed by atoms with van der Waals surface area (Å²) >= 11 is 1.87. The molecule has 4 heteroatoms. The van der Waals surface area contributed by atoms with Crippen LogP contribution in [0.3, 0.4) is 0 Å². The van der Waals surface area contributed by atoms with Crippen molar-refractivity contribution in [2.24, 2.45) is 0 Å². The third kappa shape index (κ3) is 3.19. The second kappa shape index (κ2) is 6.60. The Balaban J connectivity index is 1.45. The van der Waals surface area contributed by atoms with Gasteiger partial charge >= 0.3 is 0 Å². The molecule has 0 amide bonds. The van der Waals surface area contributed by atoms with Crippen LogP contribution in [0.15, 0.2) is 65.7 Å². The summed E-state index contributed by atoms with van der Waals surface area (Å²) in [6.07, 6.45) is 2.01. The molecule has 1 N–H and O–H groups in total. The predicted octanol–water partition coefficient (Wildman–Crippen LogP) is 3.95. The molecule has 0 aliphatic carbocycles. The molecule has 0 unspecified atom stereocenters. The number of hydrogen-bond acceptors (Lipinski definition) is 3. The molecule has 0 spiro atoms. The third-order valence-electron chi connectivity index (χ3n) is 4.16. The fraction of sp³-hybridized carbons (Fsp3) is 0.211. The van der Waals surface area contributed by atoms with E-state index in [-0.39, 0.29) is 0 Å². The average molecular weight is 321 g/mol. The number of aromatic nitrogens is 2. The third-order valence-corrected chi connectivity index (χ3v) is 5.29. The number of benzene rings is 2. The number of fused-ring (bicyclic) bond motifs is 1. The summed E-state index contributed by atoms with van der Waals surface area (Å²) in [5.41, 5.74) is 5.20. The standard InChI is InChI=1S/C19H19N3S/c1-2-4-16(5-3-1)17-8-6-15(7-9-17)14-23-19-13-21-22-11-10-20-12-18(19)22/h1-9,13,20H,10-12,14H2. The largest absolute Gasteiger partial charge is 0.309 e. The molecule has 23 heavy (non-hydrogen) atoms. The van der Waals surface area contributed by atoms with Crippen molar-refractivity contribution in [3.05, 3.63) is 72.1 Å². The summed E-state index contributed by atoms with van der Waals surface area (Å²) in [5, 5.41) is 7.90. The monoisotopic (exact) mass is 321 g/mol. The Morgan fingerprint density at radius 2 is 1.78 bits per heavy atom. The van der Waals surface area contributed by atoms with Gasteiger partial charge in [-0.15, -0.1) is 11.8 Å². The van der Waals surface area contributed by atoms with Gasteiger partial charge in [0.1, 0.15) is 0 Å². The molecule has 0 saturated carbocycles. The van der Waals surface area contributed by atoms with Crippen molar-refractivity contribution in [2.75, 3.05) is 6.54 Å². The fourth-order valence-electron chi connectivity index (χ4n) is 2.86. The summed E-state index contributed by atoms with van der Waals surface area (Å²) in [6.45, 7) is 2.91. The van der Waals surface area contributed by atoms with Crippen molar-refractivity contribution < 1.29 is 0 Å². The maximum Gasteiger partial charge on any atom is 0.0658 e. The van der Waals surface area contributed by atoms with E-state index in [2.05, 4.69) is 69.7 Å². The summed E-state index contributed by atoms with van der Waals surface area (Å²) in [6, 6.07) is 19.4. The lowest BCUT2D eigenvalue weighted by molar-refractivity contribution is 0.471. The number of nitrogens with zero attached hydrogens (tertiary/aromatic N) is 2. The molecule has 1 aromatic heterocycles. The van der Waals surface area contributed by atoms with Gasteiger partial charge in [-0.25, -0.2) is 0 Å². The van der Waals surface area contributed by atoms with E-state index in [4.69, 9.17) is 0 Å². The first kappa shape index (κ1) is 14.5. The Morgan fingerprint density at radius 3 is 2.61 bits per heavy atom. The van der Waals surface area contributed by atoms with Gasteiger partial charge in [0.05, 0.1) is 23.3 Å². The van der Waals surface area contributed by atoms with Crippen LogP contribution in [-0.4, -0.2) is 16.3 Å². The van der Waals surface area contributed by atoms with Gasteiger partial charge in [-0.05, 0) is 16.7 Å². The molecule has 0 bridgehead atoms. The zero-order chi connectivity index (χ0) is 15.5. The van der Waals surface area contributed by atoms with E-state index < -0.39 is 0 Å². The summed E-state index contributed by atoms with van der Waals surface area (Å²) in [4.78, 5) is 1.30. The van der Waals surface area contributed by atoms with Crippen LogP contribution >= 0.6 is 11.8 Å². The normalized spacial score (nSPS) is 13.7. The Morgan fingerprint density at radius 1 is 1.00 bits per heavy atom. The maximum absolute atomic E-state index is 4.48. The molecular formula is C19H19N3S. The topological polar surface area (TPSA) is 29.9 Å². The fourth-order valence-corrected chi connectivity index (χ4v) is 3.84. The number of hydrogen-bond donors (Lipinski definition) is 1. The van der Waals surface area contributed by atoms with Crippen molar-refractivity contribution in [3.8, 4) is 11.1 Å². The summed E-state index contributed by atoms with van der Waals surface area (Å²) in [7, 11) is 0. The molecule has 3 aromatic rings. The lowest BCUT2D eigenvalue weighted by atomic mass is 10.0. The van der Waals surface area contributed by atoms with Gasteiger partial charge in [0, 0.05) is 18.8 Å². The zero-order valence-electron chi connectivity index (χ0n) is 12.9. The number of nitrogens with one attached hydrogen (secondary N) is 1. The quantitative estimate of drug-likeness (QED) is 0.738. The highest BCUT2D eigenvalue weighted by atomic mass is 32.2. The van der Waals surface area contributed by atoms with E-state index >= 15 is 0 Å². The number of rotatable bonds is 4. The lowest BCUT2D eigenvalue weighted by Gasteiger charge is -2.15. The predicted molar refractivity (Wildman–Crippen MR) is 95.4 cm³/mol. The molecule has 2 heterocycles. The second-order valence-corrected chi connectivity index (χ2v) is 6.72.